The van der Waals surface area contributed by atoms with Gasteiger partial charge in [-0.25, -0.2) is 9.13 Å². The lowest BCUT2D eigenvalue weighted by Crippen LogP contribution is -2.30. The van der Waals surface area contributed by atoms with Gasteiger partial charge in [0.2, 0.25) is 0 Å². The molecular weight excluding hydrogens is 1320 g/mol. The van der Waals surface area contributed by atoms with Gasteiger partial charge < -0.3 is 33.8 Å². The molecule has 0 aromatic rings. The van der Waals surface area contributed by atoms with Crippen LogP contribution in [0.2, 0.25) is 0 Å². The van der Waals surface area contributed by atoms with Gasteiger partial charge in [-0.3, -0.25) is 37.3 Å². The van der Waals surface area contributed by atoms with Crippen LogP contribution in [0, 0.1) is 11.8 Å². The van der Waals surface area contributed by atoms with Crippen molar-refractivity contribution in [1.29, 1.82) is 0 Å². The molecule has 0 heterocycles. The number of hydrogen-bond donors (Lipinski definition) is 3. The molecule has 0 aromatic carbocycles. The first-order valence-electron chi connectivity index (χ1n) is 42.5. The van der Waals surface area contributed by atoms with Crippen molar-refractivity contribution in [2.45, 2.75) is 452 Å². The highest BCUT2D eigenvalue weighted by Gasteiger charge is 2.30. The normalized spacial score (nSPS) is 13.9. The number of carbonyl (C=O) groups excluding carboxylic acids is 4. The zero-order valence-corrected chi connectivity index (χ0v) is 68.0. The molecule has 600 valence electrons. The van der Waals surface area contributed by atoms with Crippen molar-refractivity contribution in [1.82, 2.24) is 0 Å². The number of aliphatic hydroxyl groups is 1. The van der Waals surface area contributed by atoms with Crippen LogP contribution in [0.15, 0.2) is 0 Å². The highest BCUT2D eigenvalue weighted by Crippen LogP contribution is 2.45. The van der Waals surface area contributed by atoms with Crippen molar-refractivity contribution in [3.63, 3.8) is 0 Å². The topological polar surface area (TPSA) is 237 Å². The van der Waals surface area contributed by atoms with E-state index in [0.717, 1.165) is 102 Å². The van der Waals surface area contributed by atoms with Crippen LogP contribution in [0.1, 0.15) is 433 Å². The van der Waals surface area contributed by atoms with Gasteiger partial charge in [-0.2, -0.15) is 0 Å². The van der Waals surface area contributed by atoms with Gasteiger partial charge >= 0.3 is 39.5 Å². The second-order valence-electron chi connectivity index (χ2n) is 30.5. The van der Waals surface area contributed by atoms with Crippen molar-refractivity contribution in [3.05, 3.63) is 0 Å². The average molecular weight is 1480 g/mol. The predicted octanol–water partition coefficient (Wildman–Crippen LogP) is 24.7. The highest BCUT2D eigenvalue weighted by molar-refractivity contribution is 7.47. The monoisotopic (exact) mass is 1480 g/mol. The maximum absolute atomic E-state index is 13.1. The molecule has 19 heteroatoms. The number of aliphatic hydroxyl groups excluding tert-OH is 1. The summed E-state index contributed by atoms with van der Waals surface area (Å²) in [5, 5.41) is 10.7. The third-order valence-electron chi connectivity index (χ3n) is 19.2. The number of phosphoric ester groups is 2. The van der Waals surface area contributed by atoms with Crippen molar-refractivity contribution >= 4 is 39.5 Å². The Bertz CT molecular complexity index is 1940. The molecule has 0 saturated heterocycles. The molecule has 101 heavy (non-hydrogen) atoms. The minimum atomic E-state index is -4.96. The van der Waals surface area contributed by atoms with E-state index in [1.807, 2.05) is 0 Å². The maximum atomic E-state index is 13.1. The minimum absolute atomic E-state index is 0.108. The third-order valence-corrected chi connectivity index (χ3v) is 21.1. The molecule has 17 nitrogen and oxygen atoms in total. The molecule has 0 aliphatic rings. The van der Waals surface area contributed by atoms with E-state index in [2.05, 4.69) is 41.5 Å². The summed E-state index contributed by atoms with van der Waals surface area (Å²) in [6, 6.07) is 0. The van der Waals surface area contributed by atoms with Gasteiger partial charge in [-0.15, -0.1) is 0 Å². The van der Waals surface area contributed by atoms with Gasteiger partial charge in [-0.1, -0.05) is 382 Å². The van der Waals surface area contributed by atoms with Crippen LogP contribution >= 0.6 is 15.6 Å². The lowest BCUT2D eigenvalue weighted by atomic mass is 10.0. The van der Waals surface area contributed by atoms with E-state index >= 15 is 0 Å². The molecule has 0 fully saturated rings. The number of phosphoric acid groups is 2. The lowest BCUT2D eigenvalue weighted by molar-refractivity contribution is -0.161. The van der Waals surface area contributed by atoms with Gasteiger partial charge in [-0.05, 0) is 37.5 Å². The van der Waals surface area contributed by atoms with E-state index in [1.165, 1.54) is 250 Å². The summed E-state index contributed by atoms with van der Waals surface area (Å²) < 4.78 is 68.8. The van der Waals surface area contributed by atoms with Crippen molar-refractivity contribution in [2.75, 3.05) is 39.6 Å². The molecule has 0 aliphatic carbocycles. The lowest BCUT2D eigenvalue weighted by Gasteiger charge is -2.21. The Labute approximate surface area is 619 Å². The summed E-state index contributed by atoms with van der Waals surface area (Å²) in [6.07, 6.45) is 63.8. The first kappa shape index (κ1) is 99.1. The maximum Gasteiger partial charge on any atom is 0.472 e. The summed E-state index contributed by atoms with van der Waals surface area (Å²) in [7, 11) is -9.92. The summed E-state index contributed by atoms with van der Waals surface area (Å²) in [5.74, 6) is -0.580. The second-order valence-corrected chi connectivity index (χ2v) is 33.4. The van der Waals surface area contributed by atoms with Crippen LogP contribution in [0.4, 0.5) is 0 Å². The Kier molecular flexibility index (Phi) is 72.2. The Morgan fingerprint density at radius 1 is 0.267 bits per heavy atom. The molecule has 0 radical (unpaired) electrons. The van der Waals surface area contributed by atoms with E-state index in [0.29, 0.717) is 25.7 Å². The summed E-state index contributed by atoms with van der Waals surface area (Å²) in [6.45, 7) is 9.64. The molecule has 0 bridgehead atoms. The molecule has 3 N–H and O–H groups in total. The van der Waals surface area contributed by atoms with Crippen LogP contribution in [0.5, 0.6) is 0 Å². The number of rotatable bonds is 81. The van der Waals surface area contributed by atoms with Gasteiger partial charge in [0.25, 0.3) is 0 Å². The molecular formula is C82H160O17P2. The Balaban J connectivity index is 5.25. The van der Waals surface area contributed by atoms with Crippen LogP contribution in [-0.4, -0.2) is 96.7 Å². The Morgan fingerprint density at radius 2 is 0.455 bits per heavy atom. The fraction of sp³-hybridized carbons (Fsp3) is 0.951. The molecule has 2 unspecified atom stereocenters. The van der Waals surface area contributed by atoms with Crippen molar-refractivity contribution in [3.8, 4) is 0 Å². The Hall–Kier alpha value is -1.94. The summed E-state index contributed by atoms with van der Waals surface area (Å²) in [5.41, 5.74) is 0. The van der Waals surface area contributed by atoms with E-state index < -0.39 is 97.5 Å². The summed E-state index contributed by atoms with van der Waals surface area (Å²) in [4.78, 5) is 73.1. The fourth-order valence-electron chi connectivity index (χ4n) is 12.7. The number of esters is 4. The predicted molar refractivity (Wildman–Crippen MR) is 414 cm³/mol. The zero-order valence-electron chi connectivity index (χ0n) is 66.2. The Morgan fingerprint density at radius 3 is 0.673 bits per heavy atom. The first-order valence-corrected chi connectivity index (χ1v) is 45.5. The van der Waals surface area contributed by atoms with Crippen LogP contribution in [-0.2, 0) is 65.4 Å². The van der Waals surface area contributed by atoms with E-state index in [9.17, 15) is 43.2 Å². The molecule has 0 rings (SSSR count). The number of unbranched alkanes of at least 4 members (excludes halogenated alkanes) is 51. The molecule has 0 aliphatic heterocycles. The second kappa shape index (κ2) is 73.6. The first-order chi connectivity index (χ1) is 48.9. The van der Waals surface area contributed by atoms with Gasteiger partial charge in [0, 0.05) is 25.7 Å². The van der Waals surface area contributed by atoms with E-state index in [1.54, 1.807) is 0 Å². The average Bonchev–Trinajstić information content (AvgIpc) is 0.973. The molecule has 0 amide bonds. The van der Waals surface area contributed by atoms with Gasteiger partial charge in [0.1, 0.15) is 19.3 Å². The standard InChI is InChI=1S/C82H160O17P2/c1-7-9-11-13-15-17-19-21-23-24-25-27-33-37-41-49-55-61-67-81(86)98-77(70-92-79(84)64-58-52-46-39-35-31-29-28-30-34-38-44-50-56-62-74(3)4)72-96-100(88,89)94-68-76(83)69-95-101(90,91)97-73-78(71-93-80(85)65-59-53-47-43-42-45-51-57-63-75(5)6)99-82(87)66-60-54-48-40-36-32-26-22-20-18-16-14-12-10-8-2/h74-78,83H,7-73H2,1-6H3,(H,88,89)(H,90,91)/t76-,77-,78-/m1/s1. The summed E-state index contributed by atoms with van der Waals surface area (Å²) >= 11 is 0. The molecule has 5 atom stereocenters. The molecule has 0 spiro atoms. The number of carbonyl (C=O) groups is 4. The molecule has 0 aromatic heterocycles. The van der Waals surface area contributed by atoms with Crippen molar-refractivity contribution in [2.24, 2.45) is 11.8 Å². The number of hydrogen-bond acceptors (Lipinski definition) is 15. The van der Waals surface area contributed by atoms with Gasteiger partial charge in [0.15, 0.2) is 12.2 Å². The van der Waals surface area contributed by atoms with Crippen LogP contribution < -0.4 is 0 Å². The highest BCUT2D eigenvalue weighted by atomic mass is 31.2. The number of ether oxygens (including phenoxy) is 4. The fourth-order valence-corrected chi connectivity index (χ4v) is 14.3. The van der Waals surface area contributed by atoms with Gasteiger partial charge in [0.05, 0.1) is 26.4 Å². The molecule has 0 saturated carbocycles. The SMILES string of the molecule is CCCCCCCCCCCCCCCCCCCCC(=O)O[C@H](COC(=O)CCCCCCCCCCCCCCCCC(C)C)COP(=O)(O)OC[C@@H](O)COP(=O)(O)OC[C@@H](COC(=O)CCCCCCCCCCC(C)C)OC(=O)CCCCCCCCCCCCCCCCC. The smallest absolute Gasteiger partial charge is 0.462 e. The largest absolute Gasteiger partial charge is 0.472 e. The van der Waals surface area contributed by atoms with E-state index in [-0.39, 0.29) is 25.7 Å². The minimum Gasteiger partial charge on any atom is -0.462 e. The van der Waals surface area contributed by atoms with Crippen LogP contribution in [0.25, 0.3) is 0 Å². The zero-order chi connectivity index (χ0) is 74.2. The van der Waals surface area contributed by atoms with Crippen LogP contribution in [0.3, 0.4) is 0 Å². The quantitative estimate of drug-likeness (QED) is 0.0222. The van der Waals surface area contributed by atoms with Crippen molar-refractivity contribution < 1.29 is 80.2 Å². The van der Waals surface area contributed by atoms with E-state index in [4.69, 9.17) is 37.0 Å². The third kappa shape index (κ3) is 76.1.